The van der Waals surface area contributed by atoms with E-state index in [1.54, 1.807) is 12.1 Å². The molecule has 0 amide bonds. The van der Waals surface area contributed by atoms with Crippen molar-refractivity contribution in [1.29, 1.82) is 0 Å². The Morgan fingerprint density at radius 3 is 2.71 bits per heavy atom. The van der Waals surface area contributed by atoms with Crippen LogP contribution in [-0.2, 0) is 16.6 Å². The van der Waals surface area contributed by atoms with E-state index in [1.807, 2.05) is 23.8 Å². The summed E-state index contributed by atoms with van der Waals surface area (Å²) in [5.41, 5.74) is 7.22. The van der Waals surface area contributed by atoms with Gasteiger partial charge in [-0.05, 0) is 47.5 Å². The van der Waals surface area contributed by atoms with Crippen molar-refractivity contribution in [2.45, 2.75) is 24.4 Å². The van der Waals surface area contributed by atoms with Crippen molar-refractivity contribution in [3.05, 3.63) is 46.2 Å². The van der Waals surface area contributed by atoms with Gasteiger partial charge in [-0.2, -0.15) is 11.3 Å². The average molecular weight is 326 g/mol. The van der Waals surface area contributed by atoms with Crippen LogP contribution in [0.2, 0.25) is 0 Å². The van der Waals surface area contributed by atoms with Crippen LogP contribution in [0.5, 0.6) is 5.75 Å². The summed E-state index contributed by atoms with van der Waals surface area (Å²) in [7, 11) is -2.07. The summed E-state index contributed by atoms with van der Waals surface area (Å²) in [5.74, 6) is 0.585. The van der Waals surface area contributed by atoms with Crippen molar-refractivity contribution in [1.82, 2.24) is 4.72 Å². The second kappa shape index (κ2) is 6.57. The predicted molar refractivity (Wildman–Crippen MR) is 83.9 cm³/mol. The molecule has 1 heterocycles. The number of methoxy groups -OCH3 is 1. The van der Waals surface area contributed by atoms with Gasteiger partial charge in [0.2, 0.25) is 10.0 Å². The summed E-state index contributed by atoms with van der Waals surface area (Å²) in [5, 5.41) is 3.84. The Morgan fingerprint density at radius 2 is 2.14 bits per heavy atom. The lowest BCUT2D eigenvalue weighted by Gasteiger charge is -2.14. The third-order valence-electron chi connectivity index (χ3n) is 3.16. The van der Waals surface area contributed by atoms with E-state index < -0.39 is 10.0 Å². The molecule has 2 rings (SSSR count). The fourth-order valence-corrected chi connectivity index (χ4v) is 4.01. The molecule has 1 atom stereocenters. The fraction of sp³-hybridized carbons (Fsp3) is 0.286. The molecule has 0 aliphatic rings. The molecule has 0 spiro atoms. The molecule has 5 nitrogen and oxygen atoms in total. The first-order valence-electron chi connectivity index (χ1n) is 6.39. The van der Waals surface area contributed by atoms with Gasteiger partial charge < -0.3 is 10.5 Å². The highest BCUT2D eigenvalue weighted by Gasteiger charge is 2.19. The minimum Gasteiger partial charge on any atom is -0.496 e. The number of hydrogen-bond donors (Lipinski definition) is 2. The van der Waals surface area contributed by atoms with Gasteiger partial charge in [-0.15, -0.1) is 0 Å². The minimum atomic E-state index is -3.60. The Morgan fingerprint density at radius 1 is 1.38 bits per heavy atom. The molecule has 2 aromatic rings. The molecule has 0 saturated carbocycles. The standard InChI is InChI=1S/C14H18N2O3S2/c1-10(11-5-6-20-9-11)16-21(17,18)13-3-4-14(19-2)12(7-13)8-15/h3-7,9-10,16H,8,15H2,1-2H3. The van der Waals surface area contributed by atoms with Gasteiger partial charge in [0, 0.05) is 18.2 Å². The summed E-state index contributed by atoms with van der Waals surface area (Å²) < 4.78 is 32.6. The van der Waals surface area contributed by atoms with Crippen molar-refractivity contribution in [3.8, 4) is 5.75 Å². The zero-order chi connectivity index (χ0) is 15.5. The van der Waals surface area contributed by atoms with Crippen LogP contribution in [0.15, 0.2) is 39.9 Å². The predicted octanol–water partition coefficient (Wildman–Crippen LogP) is 2.25. The highest BCUT2D eigenvalue weighted by atomic mass is 32.2. The zero-order valence-corrected chi connectivity index (χ0v) is 13.5. The maximum atomic E-state index is 12.4. The van der Waals surface area contributed by atoms with Crippen molar-refractivity contribution in [3.63, 3.8) is 0 Å². The van der Waals surface area contributed by atoms with E-state index >= 15 is 0 Å². The third kappa shape index (κ3) is 3.62. The van der Waals surface area contributed by atoms with Crippen LogP contribution in [0.3, 0.4) is 0 Å². The number of sulfonamides is 1. The van der Waals surface area contributed by atoms with E-state index in [0.717, 1.165) is 5.56 Å². The maximum Gasteiger partial charge on any atom is 0.241 e. The van der Waals surface area contributed by atoms with Crippen LogP contribution in [0.1, 0.15) is 24.1 Å². The van der Waals surface area contributed by atoms with E-state index in [0.29, 0.717) is 11.3 Å². The summed E-state index contributed by atoms with van der Waals surface area (Å²) >= 11 is 1.53. The highest BCUT2D eigenvalue weighted by molar-refractivity contribution is 7.89. The molecule has 3 N–H and O–H groups in total. The first kappa shape index (κ1) is 16.0. The first-order valence-corrected chi connectivity index (χ1v) is 8.82. The van der Waals surface area contributed by atoms with E-state index in [4.69, 9.17) is 10.5 Å². The Balaban J connectivity index is 2.27. The molecule has 1 aromatic heterocycles. The molecule has 0 fully saturated rings. The van der Waals surface area contributed by atoms with Crippen LogP contribution < -0.4 is 15.2 Å². The summed E-state index contributed by atoms with van der Waals surface area (Å²) in [6.45, 7) is 2.03. The number of ether oxygens (including phenoxy) is 1. The lowest BCUT2D eigenvalue weighted by molar-refractivity contribution is 0.409. The van der Waals surface area contributed by atoms with Gasteiger partial charge in [0.1, 0.15) is 5.75 Å². The average Bonchev–Trinajstić information content (AvgIpc) is 3.00. The Bertz CT molecular complexity index is 697. The second-order valence-corrected chi connectivity index (χ2v) is 7.07. The van der Waals surface area contributed by atoms with Crippen molar-refractivity contribution in [2.24, 2.45) is 5.73 Å². The SMILES string of the molecule is COc1ccc(S(=O)(=O)NC(C)c2ccsc2)cc1CN. The van der Waals surface area contributed by atoms with Gasteiger partial charge >= 0.3 is 0 Å². The molecule has 21 heavy (non-hydrogen) atoms. The molecule has 0 radical (unpaired) electrons. The van der Waals surface area contributed by atoms with Crippen LogP contribution in [0.25, 0.3) is 0 Å². The number of benzene rings is 1. The van der Waals surface area contributed by atoms with Gasteiger partial charge in [-0.1, -0.05) is 0 Å². The van der Waals surface area contributed by atoms with Gasteiger partial charge in [0.15, 0.2) is 0 Å². The zero-order valence-electron chi connectivity index (χ0n) is 11.9. The van der Waals surface area contributed by atoms with Gasteiger partial charge in [-0.3, -0.25) is 0 Å². The maximum absolute atomic E-state index is 12.4. The molecule has 1 unspecified atom stereocenters. The Hall–Kier alpha value is -1.41. The quantitative estimate of drug-likeness (QED) is 0.853. The smallest absolute Gasteiger partial charge is 0.241 e. The molecule has 0 bridgehead atoms. The molecule has 7 heteroatoms. The van der Waals surface area contributed by atoms with Crippen molar-refractivity contribution in [2.75, 3.05) is 7.11 Å². The van der Waals surface area contributed by atoms with E-state index in [9.17, 15) is 8.42 Å². The molecule has 0 aliphatic heterocycles. The van der Waals surface area contributed by atoms with Gasteiger partial charge in [0.05, 0.1) is 12.0 Å². The topological polar surface area (TPSA) is 81.4 Å². The largest absolute Gasteiger partial charge is 0.496 e. The minimum absolute atomic E-state index is 0.186. The van der Waals surface area contributed by atoms with E-state index in [1.165, 1.54) is 24.5 Å². The Kier molecular flexibility index (Phi) is 5.00. The molecule has 114 valence electrons. The van der Waals surface area contributed by atoms with Crippen molar-refractivity contribution >= 4 is 21.4 Å². The number of rotatable bonds is 6. The normalized spacial score (nSPS) is 13.1. The third-order valence-corrected chi connectivity index (χ3v) is 5.40. The number of nitrogens with one attached hydrogen (secondary N) is 1. The van der Waals surface area contributed by atoms with Gasteiger partial charge in [-0.25, -0.2) is 13.1 Å². The lowest BCUT2D eigenvalue weighted by atomic mass is 10.2. The summed E-state index contributed by atoms with van der Waals surface area (Å²) in [6.07, 6.45) is 0. The first-order chi connectivity index (χ1) is 9.97. The lowest BCUT2D eigenvalue weighted by Crippen LogP contribution is -2.26. The van der Waals surface area contributed by atoms with Crippen LogP contribution in [0.4, 0.5) is 0 Å². The van der Waals surface area contributed by atoms with Crippen molar-refractivity contribution < 1.29 is 13.2 Å². The van der Waals surface area contributed by atoms with E-state index in [2.05, 4.69) is 4.72 Å². The Labute approximate surface area is 128 Å². The second-order valence-electron chi connectivity index (χ2n) is 4.58. The summed E-state index contributed by atoms with van der Waals surface area (Å²) in [4.78, 5) is 0.186. The number of nitrogens with two attached hydrogens (primary N) is 1. The van der Waals surface area contributed by atoms with Crippen LogP contribution in [-0.4, -0.2) is 15.5 Å². The molecule has 0 saturated heterocycles. The van der Waals surface area contributed by atoms with Crippen LogP contribution in [0, 0.1) is 0 Å². The van der Waals surface area contributed by atoms with Crippen LogP contribution >= 0.6 is 11.3 Å². The molecule has 0 aliphatic carbocycles. The van der Waals surface area contributed by atoms with E-state index in [-0.39, 0.29) is 17.5 Å². The molecular formula is C14H18N2O3S2. The molecular weight excluding hydrogens is 308 g/mol. The fourth-order valence-electron chi connectivity index (χ4n) is 1.97. The highest BCUT2D eigenvalue weighted by Crippen LogP contribution is 2.24. The monoisotopic (exact) mass is 326 g/mol. The molecule has 1 aromatic carbocycles. The van der Waals surface area contributed by atoms with Gasteiger partial charge in [0.25, 0.3) is 0 Å². The number of hydrogen-bond acceptors (Lipinski definition) is 5. The summed E-state index contributed by atoms with van der Waals surface area (Å²) in [6, 6.07) is 6.29. The number of thiophene rings is 1.